The lowest BCUT2D eigenvalue weighted by molar-refractivity contribution is 0.195. The van der Waals surface area contributed by atoms with Crippen molar-refractivity contribution >= 4 is 17.4 Å². The molecule has 5 heteroatoms. The van der Waals surface area contributed by atoms with E-state index in [1.165, 1.54) is 0 Å². The molecule has 1 fully saturated rings. The molecular weight excluding hydrogens is 282 g/mol. The fraction of sp³-hybridized carbons (Fsp3) is 0.375. The van der Waals surface area contributed by atoms with Crippen LogP contribution in [0, 0.1) is 0 Å². The summed E-state index contributed by atoms with van der Waals surface area (Å²) in [6.07, 6.45) is 4.90. The first-order valence-corrected chi connectivity index (χ1v) is 8.17. The molecule has 0 radical (unpaired) electrons. The molecule has 2 amide bonds. The number of benzene rings is 1. The van der Waals surface area contributed by atoms with E-state index in [1.807, 2.05) is 46.8 Å². The average Bonchev–Trinajstić information content (AvgIpc) is 3.22. The highest BCUT2D eigenvalue weighted by Crippen LogP contribution is 2.27. The summed E-state index contributed by atoms with van der Waals surface area (Å²) < 4.78 is 0. The molecule has 0 bridgehead atoms. The van der Waals surface area contributed by atoms with Crippen LogP contribution in [0.15, 0.2) is 41.9 Å². The molecule has 1 heterocycles. The van der Waals surface area contributed by atoms with Gasteiger partial charge in [-0.05, 0) is 18.4 Å². The lowest BCUT2D eigenvalue weighted by Crippen LogP contribution is -2.42. The molecule has 0 unspecified atom stereocenters. The third kappa shape index (κ3) is 4.04. The number of nitrogens with zero attached hydrogens (tertiary/aromatic N) is 2. The van der Waals surface area contributed by atoms with Crippen molar-refractivity contribution in [3.8, 4) is 0 Å². The largest absolute Gasteiger partial charge is 0.334 e. The zero-order valence-corrected chi connectivity index (χ0v) is 12.7. The second-order valence-electron chi connectivity index (χ2n) is 5.24. The van der Waals surface area contributed by atoms with Crippen LogP contribution < -0.4 is 5.32 Å². The summed E-state index contributed by atoms with van der Waals surface area (Å²) in [6, 6.07) is 10.5. The Morgan fingerprint density at radius 2 is 2.14 bits per heavy atom. The van der Waals surface area contributed by atoms with Crippen LogP contribution >= 0.6 is 11.3 Å². The quantitative estimate of drug-likeness (QED) is 0.891. The summed E-state index contributed by atoms with van der Waals surface area (Å²) in [5.74, 6) is 0. The van der Waals surface area contributed by atoms with Crippen molar-refractivity contribution < 1.29 is 4.79 Å². The molecular formula is C16H19N3OS. The number of hydrogen-bond acceptors (Lipinski definition) is 3. The number of urea groups is 1. The zero-order valence-electron chi connectivity index (χ0n) is 11.9. The van der Waals surface area contributed by atoms with E-state index in [2.05, 4.69) is 10.3 Å². The number of thiazole rings is 1. The summed E-state index contributed by atoms with van der Waals surface area (Å²) in [5, 5.41) is 6.09. The molecule has 4 nitrogen and oxygen atoms in total. The van der Waals surface area contributed by atoms with Gasteiger partial charge in [-0.2, -0.15) is 0 Å². The zero-order chi connectivity index (χ0) is 14.5. The first-order valence-electron chi connectivity index (χ1n) is 7.29. The molecule has 21 heavy (non-hydrogen) atoms. The molecule has 1 aromatic heterocycles. The maximum Gasteiger partial charge on any atom is 0.317 e. The minimum atomic E-state index is 0.0397. The molecule has 1 saturated carbocycles. The smallest absolute Gasteiger partial charge is 0.317 e. The monoisotopic (exact) mass is 301 g/mol. The molecule has 0 atom stereocenters. The van der Waals surface area contributed by atoms with E-state index in [-0.39, 0.29) is 6.03 Å². The van der Waals surface area contributed by atoms with E-state index in [0.29, 0.717) is 12.6 Å². The first-order chi connectivity index (χ1) is 10.3. The van der Waals surface area contributed by atoms with Crippen LogP contribution in [-0.4, -0.2) is 28.5 Å². The van der Waals surface area contributed by atoms with Gasteiger partial charge < -0.3 is 10.2 Å². The van der Waals surface area contributed by atoms with Gasteiger partial charge in [0.1, 0.15) is 0 Å². The minimum absolute atomic E-state index is 0.0397. The van der Waals surface area contributed by atoms with Gasteiger partial charge in [-0.15, -0.1) is 11.3 Å². The maximum atomic E-state index is 12.4. The molecule has 0 aliphatic heterocycles. The van der Waals surface area contributed by atoms with Gasteiger partial charge in [0.2, 0.25) is 0 Å². The lowest BCUT2D eigenvalue weighted by atomic mass is 10.2. The van der Waals surface area contributed by atoms with Crippen LogP contribution in [0.2, 0.25) is 0 Å². The van der Waals surface area contributed by atoms with Crippen LogP contribution in [-0.2, 0) is 13.0 Å². The predicted octanol–water partition coefficient (Wildman–Crippen LogP) is 3.06. The van der Waals surface area contributed by atoms with E-state index in [1.54, 1.807) is 11.3 Å². The number of nitrogens with one attached hydrogen (secondary N) is 1. The van der Waals surface area contributed by atoms with Crippen LogP contribution in [0.5, 0.6) is 0 Å². The third-order valence-corrected chi connectivity index (χ3v) is 4.42. The Bertz CT molecular complexity index is 566. The van der Waals surface area contributed by atoms with Crippen molar-refractivity contribution in [1.82, 2.24) is 15.2 Å². The van der Waals surface area contributed by atoms with Crippen LogP contribution in [0.3, 0.4) is 0 Å². The van der Waals surface area contributed by atoms with Crippen molar-refractivity contribution in [3.05, 3.63) is 52.5 Å². The van der Waals surface area contributed by atoms with Gasteiger partial charge >= 0.3 is 6.03 Å². The standard InChI is InChI=1S/C16H19N3OS/c20-16(18-12-13-4-2-1-3-5-13)19(14-6-7-14)10-8-15-17-9-11-21-15/h1-5,9,11,14H,6-8,10,12H2,(H,18,20). The van der Waals surface area contributed by atoms with E-state index in [0.717, 1.165) is 36.4 Å². The molecule has 0 saturated heterocycles. The summed E-state index contributed by atoms with van der Waals surface area (Å²) >= 11 is 1.65. The topological polar surface area (TPSA) is 45.2 Å². The second-order valence-corrected chi connectivity index (χ2v) is 6.22. The highest BCUT2D eigenvalue weighted by atomic mass is 32.1. The highest BCUT2D eigenvalue weighted by Gasteiger charge is 2.32. The number of rotatable bonds is 6. The van der Waals surface area contributed by atoms with E-state index >= 15 is 0 Å². The van der Waals surface area contributed by atoms with Crippen molar-refractivity contribution in [2.24, 2.45) is 0 Å². The molecule has 1 aliphatic carbocycles. The Morgan fingerprint density at radius 3 is 2.81 bits per heavy atom. The third-order valence-electron chi connectivity index (χ3n) is 3.59. The maximum absolute atomic E-state index is 12.4. The Labute approximate surface area is 128 Å². The number of carbonyl (C=O) groups is 1. The van der Waals surface area contributed by atoms with Gasteiger partial charge in [-0.3, -0.25) is 0 Å². The molecule has 3 rings (SSSR count). The number of hydrogen-bond donors (Lipinski definition) is 1. The highest BCUT2D eigenvalue weighted by molar-refractivity contribution is 7.09. The predicted molar refractivity (Wildman–Crippen MR) is 84.2 cm³/mol. The Hall–Kier alpha value is -1.88. The Morgan fingerprint density at radius 1 is 1.33 bits per heavy atom. The lowest BCUT2D eigenvalue weighted by Gasteiger charge is -2.22. The second kappa shape index (κ2) is 6.72. The van der Waals surface area contributed by atoms with Gasteiger partial charge in [0.05, 0.1) is 5.01 Å². The average molecular weight is 301 g/mol. The van der Waals surface area contributed by atoms with Crippen molar-refractivity contribution in [1.29, 1.82) is 0 Å². The van der Waals surface area contributed by atoms with Gasteiger partial charge in [0.15, 0.2) is 0 Å². The summed E-state index contributed by atoms with van der Waals surface area (Å²) in [6.45, 7) is 1.33. The molecule has 110 valence electrons. The van der Waals surface area contributed by atoms with Gasteiger partial charge in [-0.25, -0.2) is 9.78 Å². The van der Waals surface area contributed by atoms with Gasteiger partial charge in [-0.1, -0.05) is 30.3 Å². The number of carbonyl (C=O) groups excluding carboxylic acids is 1. The number of amides is 2. The van der Waals surface area contributed by atoms with Gasteiger partial charge in [0.25, 0.3) is 0 Å². The summed E-state index contributed by atoms with van der Waals surface area (Å²) in [5.41, 5.74) is 1.13. The Kier molecular flexibility index (Phi) is 4.50. The van der Waals surface area contributed by atoms with Crippen LogP contribution in [0.25, 0.3) is 0 Å². The SMILES string of the molecule is O=C(NCc1ccccc1)N(CCc1nccs1)C1CC1. The molecule has 1 aliphatic rings. The van der Waals surface area contributed by atoms with Crippen molar-refractivity contribution in [2.75, 3.05) is 6.54 Å². The molecule has 2 aromatic rings. The summed E-state index contributed by atoms with van der Waals surface area (Å²) in [7, 11) is 0. The normalized spacial score (nSPS) is 13.9. The first kappa shape index (κ1) is 14.1. The van der Waals surface area contributed by atoms with Crippen LogP contribution in [0.1, 0.15) is 23.4 Å². The number of aromatic nitrogens is 1. The van der Waals surface area contributed by atoms with Crippen LogP contribution in [0.4, 0.5) is 4.79 Å². The van der Waals surface area contributed by atoms with Crippen molar-refractivity contribution in [2.45, 2.75) is 31.8 Å². The van der Waals surface area contributed by atoms with Crippen molar-refractivity contribution in [3.63, 3.8) is 0 Å². The molecule has 0 spiro atoms. The Balaban J connectivity index is 1.52. The fourth-order valence-electron chi connectivity index (χ4n) is 2.30. The minimum Gasteiger partial charge on any atom is -0.334 e. The van der Waals surface area contributed by atoms with Gasteiger partial charge in [0, 0.05) is 37.1 Å². The van der Waals surface area contributed by atoms with E-state index in [9.17, 15) is 4.79 Å². The summed E-state index contributed by atoms with van der Waals surface area (Å²) in [4.78, 5) is 18.6. The fourth-order valence-corrected chi connectivity index (χ4v) is 2.91. The molecule has 1 aromatic carbocycles. The van der Waals surface area contributed by atoms with E-state index in [4.69, 9.17) is 0 Å². The molecule has 1 N–H and O–H groups in total. The van der Waals surface area contributed by atoms with E-state index < -0.39 is 0 Å².